The van der Waals surface area contributed by atoms with Crippen molar-refractivity contribution in [1.29, 1.82) is 0 Å². The van der Waals surface area contributed by atoms with E-state index < -0.39 is 9.84 Å². The summed E-state index contributed by atoms with van der Waals surface area (Å²) >= 11 is 0. The average molecular weight is 284 g/mol. The van der Waals surface area contributed by atoms with E-state index in [9.17, 15) is 13.2 Å². The number of pyridine rings is 1. The van der Waals surface area contributed by atoms with Gasteiger partial charge in [0.15, 0.2) is 9.84 Å². The normalized spacial score (nSPS) is 18.1. The first-order valence-electron chi connectivity index (χ1n) is 5.86. The number of nitrogens with two attached hydrogens (primary N) is 1. The third-order valence-electron chi connectivity index (χ3n) is 2.98. The van der Waals surface area contributed by atoms with Gasteiger partial charge in [0.05, 0.1) is 11.5 Å². The molecule has 0 aromatic carbocycles. The lowest BCUT2D eigenvalue weighted by Crippen LogP contribution is -2.43. The van der Waals surface area contributed by atoms with E-state index >= 15 is 0 Å². The number of hydrogen-bond donors (Lipinski definition) is 2. The number of rotatable bonds is 2. The third kappa shape index (κ3) is 3.21. The van der Waals surface area contributed by atoms with Crippen LogP contribution in [-0.4, -0.2) is 48.8 Å². The number of anilines is 1. The molecule has 2 heterocycles. The van der Waals surface area contributed by atoms with Gasteiger partial charge in [-0.2, -0.15) is 0 Å². The SMILES string of the molecule is Cc1cc(C(=O)N2CCS(=O)(=O)CC2)cc(NN)n1. The van der Waals surface area contributed by atoms with Crippen LogP contribution in [0.1, 0.15) is 16.1 Å². The van der Waals surface area contributed by atoms with Crippen LogP contribution < -0.4 is 11.3 Å². The molecule has 1 aliphatic rings. The van der Waals surface area contributed by atoms with Gasteiger partial charge in [-0.1, -0.05) is 0 Å². The Hall–Kier alpha value is -1.67. The van der Waals surface area contributed by atoms with Crippen molar-refractivity contribution in [2.24, 2.45) is 5.84 Å². The summed E-state index contributed by atoms with van der Waals surface area (Å²) in [5, 5.41) is 0. The topological polar surface area (TPSA) is 105 Å². The number of nitrogens with one attached hydrogen (secondary N) is 1. The minimum absolute atomic E-state index is 0.0187. The Labute approximate surface area is 111 Å². The van der Waals surface area contributed by atoms with Crippen molar-refractivity contribution in [2.45, 2.75) is 6.92 Å². The number of carbonyl (C=O) groups is 1. The number of hydrazine groups is 1. The van der Waals surface area contributed by atoms with E-state index in [1.807, 2.05) is 0 Å². The Morgan fingerprint density at radius 3 is 2.58 bits per heavy atom. The highest BCUT2D eigenvalue weighted by atomic mass is 32.2. The number of sulfone groups is 1. The van der Waals surface area contributed by atoms with Crippen LogP contribution in [-0.2, 0) is 9.84 Å². The van der Waals surface area contributed by atoms with Crippen LogP contribution in [0.15, 0.2) is 12.1 Å². The molecule has 1 aromatic rings. The van der Waals surface area contributed by atoms with E-state index in [1.165, 1.54) is 4.90 Å². The van der Waals surface area contributed by atoms with Gasteiger partial charge in [-0.05, 0) is 19.1 Å². The summed E-state index contributed by atoms with van der Waals surface area (Å²) in [5.74, 6) is 5.54. The van der Waals surface area contributed by atoms with Gasteiger partial charge in [-0.25, -0.2) is 19.2 Å². The largest absolute Gasteiger partial charge is 0.337 e. The lowest BCUT2D eigenvalue weighted by molar-refractivity contribution is 0.0770. The number of amides is 1. The van der Waals surface area contributed by atoms with Crippen molar-refractivity contribution in [1.82, 2.24) is 9.88 Å². The number of hydrogen-bond acceptors (Lipinski definition) is 6. The maximum Gasteiger partial charge on any atom is 0.254 e. The molecule has 0 saturated carbocycles. The highest BCUT2D eigenvalue weighted by molar-refractivity contribution is 7.91. The molecule has 104 valence electrons. The molecule has 8 heteroatoms. The molecule has 0 aliphatic carbocycles. The molecule has 1 saturated heterocycles. The van der Waals surface area contributed by atoms with E-state index in [0.29, 0.717) is 17.1 Å². The maximum absolute atomic E-state index is 12.3. The van der Waals surface area contributed by atoms with Crippen molar-refractivity contribution in [3.05, 3.63) is 23.4 Å². The van der Waals surface area contributed by atoms with Crippen LogP contribution in [0.5, 0.6) is 0 Å². The molecule has 19 heavy (non-hydrogen) atoms. The van der Waals surface area contributed by atoms with Crippen molar-refractivity contribution < 1.29 is 13.2 Å². The van der Waals surface area contributed by atoms with E-state index in [-0.39, 0.29) is 30.5 Å². The third-order valence-corrected chi connectivity index (χ3v) is 4.59. The second-order valence-electron chi connectivity index (χ2n) is 4.47. The van der Waals surface area contributed by atoms with Crippen LogP contribution >= 0.6 is 0 Å². The summed E-state index contributed by atoms with van der Waals surface area (Å²) in [6, 6.07) is 3.21. The lowest BCUT2D eigenvalue weighted by Gasteiger charge is -2.26. The van der Waals surface area contributed by atoms with Gasteiger partial charge in [0.1, 0.15) is 5.82 Å². The Morgan fingerprint density at radius 1 is 1.37 bits per heavy atom. The Balaban J connectivity index is 2.18. The first-order valence-corrected chi connectivity index (χ1v) is 7.68. The zero-order valence-corrected chi connectivity index (χ0v) is 11.4. The fourth-order valence-corrected chi connectivity index (χ4v) is 3.17. The predicted octanol–water partition coefficient (Wildman–Crippen LogP) is -0.454. The molecule has 3 N–H and O–H groups in total. The Bertz CT molecular complexity index is 586. The van der Waals surface area contributed by atoms with Crippen LogP contribution in [0.3, 0.4) is 0 Å². The van der Waals surface area contributed by atoms with Gasteiger partial charge in [0.25, 0.3) is 5.91 Å². The van der Waals surface area contributed by atoms with E-state index in [0.717, 1.165) is 0 Å². The van der Waals surface area contributed by atoms with Crippen molar-refractivity contribution in [3.63, 3.8) is 0 Å². The number of carbonyl (C=O) groups excluding carboxylic acids is 1. The molecule has 1 amide bonds. The molecular formula is C11H16N4O3S. The minimum Gasteiger partial charge on any atom is -0.337 e. The summed E-state index contributed by atoms with van der Waals surface area (Å²) in [6.07, 6.45) is 0. The molecule has 1 fully saturated rings. The van der Waals surface area contributed by atoms with Crippen molar-refractivity contribution >= 4 is 21.6 Å². The van der Waals surface area contributed by atoms with E-state index in [1.54, 1.807) is 19.1 Å². The van der Waals surface area contributed by atoms with Crippen LogP contribution in [0.2, 0.25) is 0 Å². The standard InChI is InChI=1S/C11H16N4O3S/c1-8-6-9(7-10(13-8)14-12)11(16)15-2-4-19(17,18)5-3-15/h6-7H,2-5,12H2,1H3,(H,13,14). The molecule has 0 radical (unpaired) electrons. The summed E-state index contributed by atoms with van der Waals surface area (Å²) in [7, 11) is -2.99. The highest BCUT2D eigenvalue weighted by Gasteiger charge is 2.26. The lowest BCUT2D eigenvalue weighted by atomic mass is 10.2. The predicted molar refractivity (Wildman–Crippen MR) is 71.3 cm³/mol. The molecule has 7 nitrogen and oxygen atoms in total. The van der Waals surface area contributed by atoms with Gasteiger partial charge in [-0.15, -0.1) is 0 Å². The maximum atomic E-state index is 12.3. The van der Waals surface area contributed by atoms with Crippen LogP contribution in [0.4, 0.5) is 5.82 Å². The average Bonchev–Trinajstić information content (AvgIpc) is 2.37. The van der Waals surface area contributed by atoms with Gasteiger partial charge < -0.3 is 10.3 Å². The van der Waals surface area contributed by atoms with E-state index in [4.69, 9.17) is 5.84 Å². The number of aromatic nitrogens is 1. The number of nitrogens with zero attached hydrogens (tertiary/aromatic N) is 2. The van der Waals surface area contributed by atoms with Crippen LogP contribution in [0, 0.1) is 6.92 Å². The smallest absolute Gasteiger partial charge is 0.254 e. The van der Waals surface area contributed by atoms with Crippen LogP contribution in [0.25, 0.3) is 0 Å². The molecule has 0 bridgehead atoms. The first-order chi connectivity index (χ1) is 8.91. The van der Waals surface area contributed by atoms with Gasteiger partial charge in [0.2, 0.25) is 0 Å². The number of aryl methyl sites for hydroxylation is 1. The molecule has 0 spiro atoms. The minimum atomic E-state index is -2.99. The second-order valence-corrected chi connectivity index (χ2v) is 6.77. The number of nitrogen functional groups attached to an aromatic ring is 1. The molecule has 0 atom stereocenters. The van der Waals surface area contributed by atoms with E-state index in [2.05, 4.69) is 10.4 Å². The molecule has 2 rings (SSSR count). The van der Waals surface area contributed by atoms with Gasteiger partial charge >= 0.3 is 0 Å². The molecule has 1 aromatic heterocycles. The van der Waals surface area contributed by atoms with Crippen molar-refractivity contribution in [3.8, 4) is 0 Å². The second kappa shape index (κ2) is 5.14. The first kappa shape index (κ1) is 13.8. The highest BCUT2D eigenvalue weighted by Crippen LogP contribution is 2.14. The summed E-state index contributed by atoms with van der Waals surface area (Å²) in [5.41, 5.74) is 3.53. The zero-order valence-electron chi connectivity index (χ0n) is 10.6. The van der Waals surface area contributed by atoms with Gasteiger partial charge in [-0.3, -0.25) is 4.79 Å². The zero-order chi connectivity index (χ0) is 14.0. The fourth-order valence-electron chi connectivity index (χ4n) is 1.96. The van der Waals surface area contributed by atoms with Gasteiger partial charge in [0, 0.05) is 24.3 Å². The molecule has 0 unspecified atom stereocenters. The monoisotopic (exact) mass is 284 g/mol. The summed E-state index contributed by atoms with van der Waals surface area (Å²) in [4.78, 5) is 17.9. The molecule has 1 aliphatic heterocycles. The fraction of sp³-hybridized carbons (Fsp3) is 0.455. The summed E-state index contributed by atoms with van der Waals surface area (Å²) < 4.78 is 22.7. The quantitative estimate of drug-likeness (QED) is 0.562. The van der Waals surface area contributed by atoms with Crippen molar-refractivity contribution in [2.75, 3.05) is 30.0 Å². The Morgan fingerprint density at radius 2 is 2.00 bits per heavy atom. The summed E-state index contributed by atoms with van der Waals surface area (Å²) in [6.45, 7) is 2.22. The molecular weight excluding hydrogens is 268 g/mol. The Kier molecular flexibility index (Phi) is 3.72.